The van der Waals surface area contributed by atoms with Gasteiger partial charge in [0.05, 0.1) is 21.3 Å². The van der Waals surface area contributed by atoms with E-state index in [0.29, 0.717) is 36.1 Å². The standard InChI is InChI=1S/C25H27NO6/c1-14-22-16(10-19-17-6-5-7-18(17)25(27)32-23(14)19)12-26(13-31-22)11-15-8-20(28-2)24(30-4)21(9-15)29-3/h8-10H,5-7,11-13H2,1-4H3. The zero-order valence-electron chi connectivity index (χ0n) is 18.9. The average molecular weight is 437 g/mol. The fourth-order valence-corrected chi connectivity index (χ4v) is 4.97. The summed E-state index contributed by atoms with van der Waals surface area (Å²) in [4.78, 5) is 14.6. The first-order chi connectivity index (χ1) is 15.5. The quantitative estimate of drug-likeness (QED) is 0.560. The molecule has 0 bridgehead atoms. The summed E-state index contributed by atoms with van der Waals surface area (Å²) in [6.07, 6.45) is 2.72. The molecule has 3 aromatic rings. The van der Waals surface area contributed by atoms with Crippen LogP contribution in [-0.2, 0) is 25.9 Å². The van der Waals surface area contributed by atoms with Gasteiger partial charge in [-0.25, -0.2) is 4.79 Å². The third-order valence-corrected chi connectivity index (χ3v) is 6.44. The lowest BCUT2D eigenvalue weighted by molar-refractivity contribution is 0.0879. The van der Waals surface area contributed by atoms with Gasteiger partial charge in [-0.05, 0) is 55.5 Å². The van der Waals surface area contributed by atoms with Crippen molar-refractivity contribution in [2.45, 2.75) is 39.3 Å². The number of rotatable bonds is 5. The molecule has 2 heterocycles. The summed E-state index contributed by atoms with van der Waals surface area (Å²) >= 11 is 0. The number of aryl methyl sites for hydroxylation is 2. The Bertz CT molecular complexity index is 1240. The SMILES string of the molecule is COc1cc(CN2COc3c(cc4c5c(c(=O)oc4c3C)CCC5)C2)cc(OC)c1OC. The van der Waals surface area contributed by atoms with Crippen LogP contribution in [0.5, 0.6) is 23.0 Å². The molecule has 0 saturated heterocycles. The lowest BCUT2D eigenvalue weighted by Gasteiger charge is -2.30. The number of benzene rings is 2. The maximum absolute atomic E-state index is 12.4. The van der Waals surface area contributed by atoms with Crippen LogP contribution in [0.1, 0.15) is 34.2 Å². The normalized spacial score (nSPS) is 15.2. The second-order valence-electron chi connectivity index (χ2n) is 8.36. The highest BCUT2D eigenvalue weighted by molar-refractivity contribution is 5.87. The largest absolute Gasteiger partial charge is 0.493 e. The van der Waals surface area contributed by atoms with Crippen molar-refractivity contribution in [2.75, 3.05) is 28.1 Å². The van der Waals surface area contributed by atoms with E-state index in [9.17, 15) is 4.79 Å². The predicted octanol–water partition coefficient (Wildman–Crippen LogP) is 3.97. The zero-order valence-corrected chi connectivity index (χ0v) is 18.9. The van der Waals surface area contributed by atoms with E-state index in [1.54, 1.807) is 21.3 Å². The van der Waals surface area contributed by atoms with Crippen LogP contribution in [0.15, 0.2) is 27.4 Å². The van der Waals surface area contributed by atoms with Crippen LogP contribution < -0.4 is 24.6 Å². The number of fused-ring (bicyclic) bond motifs is 4. The Labute approximate surface area is 186 Å². The smallest absolute Gasteiger partial charge is 0.339 e. The van der Waals surface area contributed by atoms with E-state index >= 15 is 0 Å². The molecule has 0 radical (unpaired) electrons. The molecule has 0 atom stereocenters. The molecule has 0 fully saturated rings. The highest BCUT2D eigenvalue weighted by Crippen LogP contribution is 2.40. The summed E-state index contributed by atoms with van der Waals surface area (Å²) < 4.78 is 28.3. The van der Waals surface area contributed by atoms with Gasteiger partial charge in [0.1, 0.15) is 18.1 Å². The van der Waals surface area contributed by atoms with Crippen molar-refractivity contribution < 1.29 is 23.4 Å². The van der Waals surface area contributed by atoms with E-state index in [4.69, 9.17) is 23.4 Å². The van der Waals surface area contributed by atoms with Crippen LogP contribution in [0.2, 0.25) is 0 Å². The predicted molar refractivity (Wildman–Crippen MR) is 120 cm³/mol. The van der Waals surface area contributed by atoms with Gasteiger partial charge in [0.15, 0.2) is 11.5 Å². The lowest BCUT2D eigenvalue weighted by atomic mass is 9.99. The second kappa shape index (κ2) is 8.06. The van der Waals surface area contributed by atoms with E-state index < -0.39 is 0 Å². The van der Waals surface area contributed by atoms with Gasteiger partial charge in [0, 0.05) is 35.2 Å². The Morgan fingerprint density at radius 1 is 1.00 bits per heavy atom. The highest BCUT2D eigenvalue weighted by Gasteiger charge is 2.26. The number of hydrogen-bond donors (Lipinski definition) is 0. The van der Waals surface area contributed by atoms with Crippen molar-refractivity contribution >= 4 is 11.0 Å². The fourth-order valence-electron chi connectivity index (χ4n) is 4.97. The molecule has 2 aromatic carbocycles. The van der Waals surface area contributed by atoms with Gasteiger partial charge >= 0.3 is 5.63 Å². The van der Waals surface area contributed by atoms with Gasteiger partial charge in [-0.15, -0.1) is 0 Å². The van der Waals surface area contributed by atoms with Crippen molar-refractivity contribution in [2.24, 2.45) is 0 Å². The van der Waals surface area contributed by atoms with Crippen molar-refractivity contribution in [3.05, 3.63) is 56.4 Å². The van der Waals surface area contributed by atoms with Gasteiger partial charge in [-0.1, -0.05) is 0 Å². The number of ether oxygens (including phenoxy) is 4. The molecule has 5 rings (SSSR count). The van der Waals surface area contributed by atoms with Gasteiger partial charge in [-0.3, -0.25) is 4.90 Å². The van der Waals surface area contributed by atoms with Crippen LogP contribution in [0.4, 0.5) is 0 Å². The minimum Gasteiger partial charge on any atom is -0.493 e. The first-order valence-corrected chi connectivity index (χ1v) is 10.8. The van der Waals surface area contributed by atoms with Gasteiger partial charge < -0.3 is 23.4 Å². The molecule has 0 amide bonds. The van der Waals surface area contributed by atoms with E-state index in [2.05, 4.69) is 11.0 Å². The molecular formula is C25H27NO6. The lowest BCUT2D eigenvalue weighted by Crippen LogP contribution is -2.32. The van der Waals surface area contributed by atoms with Crippen molar-refractivity contribution in [3.8, 4) is 23.0 Å². The zero-order chi connectivity index (χ0) is 22.4. The minimum absolute atomic E-state index is 0.201. The Hall–Kier alpha value is -3.19. The summed E-state index contributed by atoms with van der Waals surface area (Å²) in [5.41, 5.74) is 5.48. The van der Waals surface area contributed by atoms with Crippen LogP contribution in [-0.4, -0.2) is 33.0 Å². The Morgan fingerprint density at radius 2 is 1.72 bits per heavy atom. The molecule has 0 spiro atoms. The molecule has 32 heavy (non-hydrogen) atoms. The molecule has 7 nitrogen and oxygen atoms in total. The van der Waals surface area contributed by atoms with E-state index in [0.717, 1.165) is 64.8 Å². The molecule has 7 heteroatoms. The third-order valence-electron chi connectivity index (χ3n) is 6.44. The van der Waals surface area contributed by atoms with Crippen LogP contribution in [0, 0.1) is 6.92 Å². The fraction of sp³-hybridized carbons (Fsp3) is 0.400. The van der Waals surface area contributed by atoms with Gasteiger partial charge in [-0.2, -0.15) is 0 Å². The highest BCUT2D eigenvalue weighted by atomic mass is 16.5. The number of nitrogens with zero attached hydrogens (tertiary/aromatic N) is 1. The third kappa shape index (κ3) is 3.28. The molecule has 0 N–H and O–H groups in total. The second-order valence-corrected chi connectivity index (χ2v) is 8.36. The summed E-state index contributed by atoms with van der Waals surface area (Å²) in [5, 5.41) is 1.05. The Balaban J connectivity index is 1.49. The van der Waals surface area contributed by atoms with Crippen molar-refractivity contribution in [1.29, 1.82) is 0 Å². The molecule has 2 aliphatic rings. The molecule has 0 unspecified atom stereocenters. The minimum atomic E-state index is -0.201. The van der Waals surface area contributed by atoms with E-state index in [1.165, 1.54) is 0 Å². The van der Waals surface area contributed by atoms with E-state index in [1.807, 2.05) is 19.1 Å². The number of methoxy groups -OCH3 is 3. The average Bonchev–Trinajstić information content (AvgIpc) is 3.30. The molecule has 0 saturated carbocycles. The molecular weight excluding hydrogens is 410 g/mol. The Morgan fingerprint density at radius 3 is 2.41 bits per heavy atom. The van der Waals surface area contributed by atoms with Crippen LogP contribution in [0.25, 0.3) is 11.0 Å². The first kappa shape index (κ1) is 20.7. The Kier molecular flexibility index (Phi) is 5.21. The number of hydrogen-bond acceptors (Lipinski definition) is 7. The summed E-state index contributed by atoms with van der Waals surface area (Å²) in [7, 11) is 4.83. The molecule has 1 aliphatic heterocycles. The van der Waals surface area contributed by atoms with Gasteiger partial charge in [0.2, 0.25) is 5.75 Å². The van der Waals surface area contributed by atoms with Crippen molar-refractivity contribution in [1.82, 2.24) is 4.90 Å². The van der Waals surface area contributed by atoms with Crippen molar-refractivity contribution in [3.63, 3.8) is 0 Å². The maximum Gasteiger partial charge on any atom is 0.339 e. The van der Waals surface area contributed by atoms with Crippen LogP contribution >= 0.6 is 0 Å². The topological polar surface area (TPSA) is 70.4 Å². The maximum atomic E-state index is 12.4. The first-order valence-electron chi connectivity index (χ1n) is 10.8. The van der Waals surface area contributed by atoms with Gasteiger partial charge in [0.25, 0.3) is 0 Å². The van der Waals surface area contributed by atoms with E-state index in [-0.39, 0.29) is 5.63 Å². The molecule has 1 aliphatic carbocycles. The van der Waals surface area contributed by atoms with Crippen LogP contribution in [0.3, 0.4) is 0 Å². The monoisotopic (exact) mass is 437 g/mol. The summed E-state index contributed by atoms with van der Waals surface area (Å²) in [5.74, 6) is 2.66. The molecule has 1 aromatic heterocycles. The summed E-state index contributed by atoms with van der Waals surface area (Å²) in [6, 6.07) is 6.07. The molecule has 168 valence electrons. The summed E-state index contributed by atoms with van der Waals surface area (Å²) in [6.45, 7) is 3.80.